The highest BCUT2D eigenvalue weighted by molar-refractivity contribution is 14.1. The molecule has 0 atom stereocenters. The Hall–Kier alpha value is -1.71. The monoisotopic (exact) mass is 486 g/mol. The van der Waals surface area contributed by atoms with Crippen LogP contribution in [-0.2, 0) is 0 Å². The van der Waals surface area contributed by atoms with E-state index in [2.05, 4.69) is 27.9 Å². The number of nitrogens with zero attached hydrogens (tertiary/aromatic N) is 1. The van der Waals surface area contributed by atoms with Crippen molar-refractivity contribution in [1.82, 2.24) is 0 Å². The minimum absolute atomic E-state index is 0.0512. The third-order valence-corrected chi connectivity index (χ3v) is 6.68. The Morgan fingerprint density at radius 2 is 2.00 bits per heavy atom. The highest BCUT2D eigenvalue weighted by atomic mass is 127. The molecule has 1 aromatic heterocycles. The molecule has 1 heterocycles. The van der Waals surface area contributed by atoms with E-state index in [1.54, 1.807) is 12.1 Å². The second-order valence-electron chi connectivity index (χ2n) is 5.53. The molecule has 3 rings (SSSR count). The van der Waals surface area contributed by atoms with Crippen LogP contribution in [0.1, 0.15) is 20.8 Å². The van der Waals surface area contributed by atoms with Gasteiger partial charge in [-0.3, -0.25) is 14.9 Å². The molecule has 1 N–H and O–H groups in total. The van der Waals surface area contributed by atoms with Gasteiger partial charge in [0.1, 0.15) is 9.58 Å². The van der Waals surface area contributed by atoms with E-state index in [0.29, 0.717) is 15.8 Å². The Kier molecular flexibility index (Phi) is 4.99. The van der Waals surface area contributed by atoms with Gasteiger partial charge in [-0.1, -0.05) is 23.7 Å². The van der Waals surface area contributed by atoms with E-state index in [9.17, 15) is 14.9 Å². The van der Waals surface area contributed by atoms with E-state index in [0.717, 1.165) is 26.0 Å². The highest BCUT2D eigenvalue weighted by Crippen LogP contribution is 2.40. The molecule has 2 aromatic carbocycles. The van der Waals surface area contributed by atoms with Crippen molar-refractivity contribution in [3.63, 3.8) is 0 Å². The Bertz CT molecular complexity index is 1030. The van der Waals surface area contributed by atoms with E-state index < -0.39 is 4.92 Å². The van der Waals surface area contributed by atoms with Gasteiger partial charge in [-0.15, -0.1) is 11.3 Å². The highest BCUT2D eigenvalue weighted by Gasteiger charge is 2.23. The number of nitro benzene ring substituents is 1. The van der Waals surface area contributed by atoms with E-state index in [4.69, 9.17) is 11.6 Å². The van der Waals surface area contributed by atoms with Crippen LogP contribution in [0.2, 0.25) is 5.02 Å². The third kappa shape index (κ3) is 3.36. The summed E-state index contributed by atoms with van der Waals surface area (Å²) in [4.78, 5) is 23.7. The first-order chi connectivity index (χ1) is 11.8. The number of hydrogen-bond acceptors (Lipinski definition) is 4. The molecule has 5 nitrogen and oxygen atoms in total. The van der Waals surface area contributed by atoms with Crippen molar-refractivity contribution < 1.29 is 9.72 Å². The third-order valence-electron chi connectivity index (χ3n) is 3.79. The summed E-state index contributed by atoms with van der Waals surface area (Å²) in [6, 6.07) is 8.54. The SMILES string of the molecule is Cc1cc(NC(=O)c2sc3c([N+](=O)[O-])cccc3c2Cl)c(C)cc1I. The van der Waals surface area contributed by atoms with Crippen molar-refractivity contribution in [3.05, 3.63) is 65.0 Å². The van der Waals surface area contributed by atoms with Gasteiger partial charge in [0, 0.05) is 20.7 Å². The summed E-state index contributed by atoms with van der Waals surface area (Å²) in [6.45, 7) is 3.88. The van der Waals surface area contributed by atoms with Gasteiger partial charge in [-0.05, 0) is 59.7 Å². The number of halogens is 2. The molecule has 0 bridgehead atoms. The Morgan fingerprint density at radius 1 is 1.28 bits per heavy atom. The molecule has 0 aliphatic heterocycles. The van der Waals surface area contributed by atoms with Crippen molar-refractivity contribution in [2.24, 2.45) is 0 Å². The first kappa shape index (κ1) is 18.1. The molecule has 0 aliphatic carbocycles. The summed E-state index contributed by atoms with van der Waals surface area (Å²) in [5, 5.41) is 14.8. The topological polar surface area (TPSA) is 72.2 Å². The molecule has 1 amide bonds. The van der Waals surface area contributed by atoms with E-state index in [1.165, 1.54) is 6.07 Å². The van der Waals surface area contributed by atoms with Gasteiger partial charge in [-0.2, -0.15) is 0 Å². The lowest BCUT2D eigenvalue weighted by Gasteiger charge is -2.10. The molecule has 0 spiro atoms. The number of fused-ring (bicyclic) bond motifs is 1. The van der Waals surface area contributed by atoms with Crippen LogP contribution >= 0.6 is 45.5 Å². The molecular formula is C17H12ClIN2O3S. The smallest absolute Gasteiger partial charge is 0.287 e. The minimum atomic E-state index is -0.469. The van der Waals surface area contributed by atoms with Gasteiger partial charge in [0.2, 0.25) is 0 Å². The van der Waals surface area contributed by atoms with E-state index in [1.807, 2.05) is 26.0 Å². The molecule has 0 fully saturated rings. The van der Waals surface area contributed by atoms with Crippen LogP contribution in [0.5, 0.6) is 0 Å². The second-order valence-corrected chi connectivity index (χ2v) is 8.09. The second kappa shape index (κ2) is 6.89. The number of carbonyl (C=O) groups is 1. The number of thiophene rings is 1. The molecule has 0 saturated heterocycles. The van der Waals surface area contributed by atoms with Crippen LogP contribution in [0.4, 0.5) is 11.4 Å². The summed E-state index contributed by atoms with van der Waals surface area (Å²) in [5.41, 5.74) is 2.64. The van der Waals surface area contributed by atoms with Gasteiger partial charge < -0.3 is 5.32 Å². The summed E-state index contributed by atoms with van der Waals surface area (Å²) >= 11 is 9.59. The fourth-order valence-electron chi connectivity index (χ4n) is 2.46. The summed E-state index contributed by atoms with van der Waals surface area (Å²) < 4.78 is 1.52. The zero-order valence-corrected chi connectivity index (χ0v) is 17.0. The lowest BCUT2D eigenvalue weighted by Crippen LogP contribution is -2.12. The first-order valence-corrected chi connectivity index (χ1v) is 9.50. The van der Waals surface area contributed by atoms with Crippen LogP contribution in [0.25, 0.3) is 10.1 Å². The average molecular weight is 487 g/mol. The maximum absolute atomic E-state index is 12.7. The predicted octanol–water partition coefficient (Wildman–Crippen LogP) is 5.94. The molecule has 128 valence electrons. The van der Waals surface area contributed by atoms with Crippen molar-refractivity contribution in [3.8, 4) is 0 Å². The molecule has 0 saturated carbocycles. The van der Waals surface area contributed by atoms with Crippen molar-refractivity contribution >= 4 is 72.9 Å². The molecular weight excluding hydrogens is 475 g/mol. The van der Waals surface area contributed by atoms with Crippen LogP contribution in [0, 0.1) is 27.5 Å². The maximum atomic E-state index is 12.7. The Balaban J connectivity index is 2.04. The number of carbonyl (C=O) groups excluding carboxylic acids is 1. The van der Waals surface area contributed by atoms with Gasteiger partial charge in [0.05, 0.1) is 9.95 Å². The van der Waals surface area contributed by atoms with Gasteiger partial charge in [0.15, 0.2) is 0 Å². The number of nitrogens with one attached hydrogen (secondary N) is 1. The fraction of sp³-hybridized carbons (Fsp3) is 0.118. The number of non-ortho nitro benzene ring substituents is 1. The minimum Gasteiger partial charge on any atom is -0.321 e. The lowest BCUT2D eigenvalue weighted by atomic mass is 10.1. The molecule has 8 heteroatoms. The Labute approximate surface area is 166 Å². The van der Waals surface area contributed by atoms with Crippen molar-refractivity contribution in [2.75, 3.05) is 5.32 Å². The molecule has 25 heavy (non-hydrogen) atoms. The lowest BCUT2D eigenvalue weighted by molar-refractivity contribution is -0.382. The summed E-state index contributed by atoms with van der Waals surface area (Å²) in [7, 11) is 0. The molecule has 3 aromatic rings. The number of aryl methyl sites for hydroxylation is 2. The quantitative estimate of drug-likeness (QED) is 0.283. The first-order valence-electron chi connectivity index (χ1n) is 7.23. The van der Waals surface area contributed by atoms with Crippen LogP contribution in [0.15, 0.2) is 30.3 Å². The number of hydrogen-bond donors (Lipinski definition) is 1. The van der Waals surface area contributed by atoms with Crippen molar-refractivity contribution in [1.29, 1.82) is 0 Å². The van der Waals surface area contributed by atoms with Crippen molar-refractivity contribution in [2.45, 2.75) is 13.8 Å². The van der Waals surface area contributed by atoms with Crippen LogP contribution < -0.4 is 5.32 Å². The van der Waals surface area contributed by atoms with Gasteiger partial charge in [0.25, 0.3) is 11.6 Å². The van der Waals surface area contributed by atoms with E-state index in [-0.39, 0.29) is 21.5 Å². The number of rotatable bonds is 3. The zero-order chi connectivity index (χ0) is 18.3. The summed E-state index contributed by atoms with van der Waals surface area (Å²) in [6.07, 6.45) is 0. The van der Waals surface area contributed by atoms with Crippen LogP contribution in [0.3, 0.4) is 0 Å². The number of anilines is 1. The van der Waals surface area contributed by atoms with Crippen LogP contribution in [-0.4, -0.2) is 10.8 Å². The number of benzene rings is 2. The number of amides is 1. The van der Waals surface area contributed by atoms with Gasteiger partial charge in [-0.25, -0.2) is 0 Å². The predicted molar refractivity (Wildman–Crippen MR) is 110 cm³/mol. The largest absolute Gasteiger partial charge is 0.321 e. The Morgan fingerprint density at radius 3 is 2.68 bits per heavy atom. The van der Waals surface area contributed by atoms with Gasteiger partial charge >= 0.3 is 0 Å². The molecule has 0 aliphatic rings. The number of nitro groups is 1. The fourth-order valence-corrected chi connectivity index (χ4v) is 4.57. The average Bonchev–Trinajstić information content (AvgIpc) is 2.89. The van der Waals surface area contributed by atoms with E-state index >= 15 is 0 Å². The maximum Gasteiger partial charge on any atom is 0.287 e. The summed E-state index contributed by atoms with van der Waals surface area (Å²) in [5.74, 6) is -0.371. The molecule has 0 unspecified atom stereocenters. The standard InChI is InChI=1S/C17H12ClIN2O3S/c1-8-7-12(9(2)6-11(8)19)20-17(22)16-14(18)10-4-3-5-13(21(23)24)15(10)25-16/h3-7H,1-2H3,(H,20,22). The molecule has 0 radical (unpaired) electrons. The normalized spacial score (nSPS) is 10.9. The zero-order valence-electron chi connectivity index (χ0n) is 13.2.